The van der Waals surface area contributed by atoms with Gasteiger partial charge in [-0.05, 0) is 70.6 Å². The molecule has 0 rings (SSSR count). The standard InChI is InChI=1S/C81H153N2O6P/c1-6-8-10-12-14-16-18-20-22-24-26-28-30-32-34-35-36-37-38-39-40-41-42-43-44-45-46-47-49-51-53-55-57-59-61-63-65-67-69-71-73-75-81(85)82-79(78-89-90(86,87)88-77-76-83(3,4)5)80(84)74-72-70-68-66-64-62-60-58-56-54-52-50-48-33-31-29-27-25-23-21-19-17-15-13-11-9-7-2/h8,10,14,16,20,22,26,28,64,66,72,74,79-80,84H,6-7,9,11-13,15,17-19,21,23-25,27,29-63,65,67-71,73,75-78H2,1-5H3,(H-,82,85,86,87)/b10-8-,16-14-,22-20-,28-26-,66-64+,74-72+. The number of hydrogen-bond acceptors (Lipinski definition) is 6. The highest BCUT2D eigenvalue weighted by Gasteiger charge is 2.23. The highest BCUT2D eigenvalue weighted by atomic mass is 31.2. The Kier molecular flexibility index (Phi) is 69.6. The Bertz CT molecular complexity index is 1700. The van der Waals surface area contributed by atoms with Crippen molar-refractivity contribution >= 4 is 13.7 Å². The first-order chi connectivity index (χ1) is 44.0. The van der Waals surface area contributed by atoms with Crippen LogP contribution in [0.4, 0.5) is 0 Å². The van der Waals surface area contributed by atoms with Crippen molar-refractivity contribution in [2.75, 3.05) is 40.9 Å². The maximum Gasteiger partial charge on any atom is 0.268 e. The molecule has 0 aliphatic carbocycles. The van der Waals surface area contributed by atoms with Crippen molar-refractivity contribution in [3.8, 4) is 0 Å². The monoisotopic (exact) mass is 1280 g/mol. The molecule has 0 aromatic heterocycles. The third kappa shape index (κ3) is 73.4. The van der Waals surface area contributed by atoms with Crippen LogP contribution in [0.2, 0.25) is 0 Å². The van der Waals surface area contributed by atoms with Crippen LogP contribution < -0.4 is 10.2 Å². The number of phosphoric ester groups is 1. The van der Waals surface area contributed by atoms with Crippen LogP contribution in [0, 0.1) is 0 Å². The van der Waals surface area contributed by atoms with Gasteiger partial charge in [-0.1, -0.05) is 382 Å². The SMILES string of the molecule is CC/C=C\C/C=C\C/C=C\C/C=C\CCCCCCCCCCCCCCCCCCCCCCCCCCCCCCC(=O)NC(COP(=O)([O-])OCC[N+](C)(C)C)C(O)/C=C/CC/C=C/CCCCCCCCCCCCCCCCCCCCCCC. The van der Waals surface area contributed by atoms with Gasteiger partial charge in [0.1, 0.15) is 13.2 Å². The van der Waals surface area contributed by atoms with Crippen molar-refractivity contribution in [1.82, 2.24) is 5.32 Å². The molecule has 528 valence electrons. The van der Waals surface area contributed by atoms with Crippen LogP contribution in [0.25, 0.3) is 0 Å². The third-order valence-corrected chi connectivity index (χ3v) is 18.9. The molecule has 9 heteroatoms. The fraction of sp³-hybridized carbons (Fsp3) is 0.840. The number of carbonyl (C=O) groups is 1. The van der Waals surface area contributed by atoms with E-state index >= 15 is 0 Å². The number of hydrogen-bond donors (Lipinski definition) is 2. The molecule has 3 atom stereocenters. The van der Waals surface area contributed by atoms with Gasteiger partial charge in [0.2, 0.25) is 5.91 Å². The highest BCUT2D eigenvalue weighted by Crippen LogP contribution is 2.38. The lowest BCUT2D eigenvalue weighted by Crippen LogP contribution is -2.45. The normalized spacial score (nSPS) is 13.9. The van der Waals surface area contributed by atoms with E-state index in [2.05, 4.69) is 79.9 Å². The second-order valence-electron chi connectivity index (χ2n) is 28.0. The van der Waals surface area contributed by atoms with E-state index < -0.39 is 20.0 Å². The molecular formula is C81H153N2O6P. The van der Waals surface area contributed by atoms with Gasteiger partial charge in [0.25, 0.3) is 7.82 Å². The molecule has 0 aromatic carbocycles. The van der Waals surface area contributed by atoms with Crippen LogP contribution in [0.3, 0.4) is 0 Å². The summed E-state index contributed by atoms with van der Waals surface area (Å²) in [6.45, 7) is 4.57. The summed E-state index contributed by atoms with van der Waals surface area (Å²) in [5, 5.41) is 14.0. The molecule has 3 unspecified atom stereocenters. The lowest BCUT2D eigenvalue weighted by atomic mass is 10.0. The molecule has 0 bridgehead atoms. The molecular weight excluding hydrogens is 1130 g/mol. The minimum Gasteiger partial charge on any atom is -0.756 e. The minimum atomic E-state index is -4.61. The Hall–Kier alpha value is -2.06. The average Bonchev–Trinajstić information content (AvgIpc) is 3.09. The van der Waals surface area contributed by atoms with Gasteiger partial charge < -0.3 is 28.8 Å². The van der Waals surface area contributed by atoms with Crippen LogP contribution in [-0.4, -0.2) is 68.5 Å². The number of nitrogens with zero attached hydrogens (tertiary/aromatic N) is 1. The lowest BCUT2D eigenvalue weighted by Gasteiger charge is -2.29. The summed E-state index contributed by atoms with van der Waals surface area (Å²) in [5.74, 6) is -0.200. The second-order valence-corrected chi connectivity index (χ2v) is 29.4. The summed E-state index contributed by atoms with van der Waals surface area (Å²) in [5.41, 5.74) is 0. The van der Waals surface area contributed by atoms with Gasteiger partial charge in [-0.25, -0.2) is 0 Å². The first-order valence-corrected chi connectivity index (χ1v) is 40.8. The first-order valence-electron chi connectivity index (χ1n) is 39.3. The van der Waals surface area contributed by atoms with Gasteiger partial charge in [-0.2, -0.15) is 0 Å². The van der Waals surface area contributed by atoms with E-state index in [4.69, 9.17) is 9.05 Å². The van der Waals surface area contributed by atoms with Crippen LogP contribution in [0.5, 0.6) is 0 Å². The Morgan fingerprint density at radius 3 is 1.03 bits per heavy atom. The van der Waals surface area contributed by atoms with Crippen LogP contribution in [-0.2, 0) is 18.4 Å². The number of phosphoric acid groups is 1. The van der Waals surface area contributed by atoms with Crippen molar-refractivity contribution in [2.24, 2.45) is 0 Å². The molecule has 0 aliphatic rings. The summed E-state index contributed by atoms with van der Waals surface area (Å²) in [7, 11) is 1.26. The molecule has 90 heavy (non-hydrogen) atoms. The molecule has 0 aliphatic heterocycles. The fourth-order valence-corrected chi connectivity index (χ4v) is 12.6. The number of nitrogens with one attached hydrogen (secondary N) is 1. The zero-order valence-corrected chi connectivity index (χ0v) is 61.5. The zero-order valence-electron chi connectivity index (χ0n) is 60.6. The van der Waals surface area contributed by atoms with E-state index in [1.54, 1.807) is 6.08 Å². The Morgan fingerprint density at radius 2 is 0.689 bits per heavy atom. The summed E-state index contributed by atoms with van der Waals surface area (Å²) in [6, 6.07) is -0.905. The number of likely N-dealkylation sites (N-methyl/N-ethyl adjacent to an activating group) is 1. The summed E-state index contributed by atoms with van der Waals surface area (Å²) >= 11 is 0. The molecule has 0 saturated heterocycles. The van der Waals surface area contributed by atoms with Crippen molar-refractivity contribution < 1.29 is 32.9 Å². The topological polar surface area (TPSA) is 108 Å². The van der Waals surface area contributed by atoms with Crippen LogP contribution in [0.15, 0.2) is 72.9 Å². The van der Waals surface area contributed by atoms with Gasteiger partial charge in [0.15, 0.2) is 0 Å². The van der Waals surface area contributed by atoms with Crippen LogP contribution in [0.1, 0.15) is 386 Å². The maximum absolute atomic E-state index is 13.1. The van der Waals surface area contributed by atoms with E-state index in [0.29, 0.717) is 17.4 Å². The largest absolute Gasteiger partial charge is 0.756 e. The number of allylic oxidation sites excluding steroid dienone is 11. The van der Waals surface area contributed by atoms with E-state index in [1.165, 1.54) is 302 Å². The second kappa shape index (κ2) is 71.2. The predicted molar refractivity (Wildman–Crippen MR) is 394 cm³/mol. The van der Waals surface area contributed by atoms with Gasteiger partial charge in [0.05, 0.1) is 39.9 Å². The zero-order chi connectivity index (χ0) is 65.5. The predicted octanol–water partition coefficient (Wildman–Crippen LogP) is 25.0. The van der Waals surface area contributed by atoms with E-state index in [-0.39, 0.29) is 19.1 Å². The van der Waals surface area contributed by atoms with Crippen molar-refractivity contribution in [3.63, 3.8) is 0 Å². The molecule has 2 N–H and O–H groups in total. The summed E-state index contributed by atoms with van der Waals surface area (Å²) < 4.78 is 23.5. The number of quaternary nitrogens is 1. The quantitative estimate of drug-likeness (QED) is 0.0272. The van der Waals surface area contributed by atoms with Crippen molar-refractivity contribution in [1.29, 1.82) is 0 Å². The average molecular weight is 1280 g/mol. The van der Waals surface area contributed by atoms with E-state index in [1.807, 2.05) is 27.2 Å². The smallest absolute Gasteiger partial charge is 0.268 e. The number of rotatable bonds is 73. The fourth-order valence-electron chi connectivity index (χ4n) is 11.9. The van der Waals surface area contributed by atoms with Gasteiger partial charge in [-0.3, -0.25) is 9.36 Å². The molecule has 0 heterocycles. The number of carbonyl (C=O) groups excluding carboxylic acids is 1. The first kappa shape index (κ1) is 87.9. The van der Waals surface area contributed by atoms with Gasteiger partial charge in [-0.15, -0.1) is 0 Å². The van der Waals surface area contributed by atoms with Crippen LogP contribution >= 0.6 is 7.82 Å². The number of amides is 1. The van der Waals surface area contributed by atoms with E-state index in [0.717, 1.165) is 64.2 Å². The van der Waals surface area contributed by atoms with Crippen molar-refractivity contribution in [2.45, 2.75) is 398 Å². The number of aliphatic hydroxyl groups excluding tert-OH is 1. The molecule has 0 fully saturated rings. The minimum absolute atomic E-state index is 0.00538. The Labute approximate surface area is 561 Å². The maximum atomic E-state index is 13.1. The lowest BCUT2D eigenvalue weighted by molar-refractivity contribution is -0.870. The number of unbranched alkanes of at least 4 members (excludes halogenated alkanes) is 50. The third-order valence-electron chi connectivity index (χ3n) is 17.9. The Balaban J connectivity index is 3.94. The van der Waals surface area contributed by atoms with Gasteiger partial charge in [0, 0.05) is 6.42 Å². The highest BCUT2D eigenvalue weighted by molar-refractivity contribution is 7.45. The molecule has 1 amide bonds. The number of aliphatic hydroxyl groups is 1. The molecule has 0 aromatic rings. The summed E-state index contributed by atoms with van der Waals surface area (Å²) in [4.78, 5) is 25.7. The molecule has 0 radical (unpaired) electrons. The van der Waals surface area contributed by atoms with E-state index in [9.17, 15) is 19.4 Å². The molecule has 0 saturated carbocycles. The van der Waals surface area contributed by atoms with Gasteiger partial charge >= 0.3 is 0 Å². The Morgan fingerprint density at radius 1 is 0.400 bits per heavy atom. The molecule has 0 spiro atoms. The molecule has 8 nitrogen and oxygen atoms in total. The van der Waals surface area contributed by atoms with Crippen molar-refractivity contribution in [3.05, 3.63) is 72.9 Å². The summed E-state index contributed by atoms with van der Waals surface area (Å²) in [6.07, 6.45) is 101.